The van der Waals surface area contributed by atoms with Gasteiger partial charge in [-0.3, -0.25) is 9.59 Å². The van der Waals surface area contributed by atoms with E-state index in [2.05, 4.69) is 15.6 Å². The molecule has 0 fully saturated rings. The lowest BCUT2D eigenvalue weighted by molar-refractivity contribution is -0.116. The molecule has 7 heteroatoms. The van der Waals surface area contributed by atoms with Gasteiger partial charge < -0.3 is 15.5 Å². The van der Waals surface area contributed by atoms with Crippen molar-refractivity contribution in [3.63, 3.8) is 0 Å². The van der Waals surface area contributed by atoms with Gasteiger partial charge in [0.25, 0.3) is 5.91 Å². The number of rotatable bonds is 6. The molecule has 0 bridgehead atoms. The summed E-state index contributed by atoms with van der Waals surface area (Å²) >= 11 is 1.39. The number of amides is 2. The second-order valence-electron chi connectivity index (χ2n) is 6.49. The fraction of sp³-hybridized carbons (Fsp3) is 0.190. The number of anilines is 2. The highest BCUT2D eigenvalue weighted by atomic mass is 32.1. The number of nitrogens with zero attached hydrogens (tertiary/aromatic N) is 2. The summed E-state index contributed by atoms with van der Waals surface area (Å²) in [4.78, 5) is 31.1. The highest BCUT2D eigenvalue weighted by Gasteiger charge is 2.32. The molecule has 2 amide bonds. The molecule has 1 aliphatic rings. The van der Waals surface area contributed by atoms with E-state index in [4.69, 9.17) is 0 Å². The fourth-order valence-corrected chi connectivity index (χ4v) is 3.84. The fourth-order valence-electron chi connectivity index (χ4n) is 3.30. The van der Waals surface area contributed by atoms with Gasteiger partial charge >= 0.3 is 0 Å². The molecule has 3 aromatic rings. The number of para-hydroxylation sites is 1. The van der Waals surface area contributed by atoms with Crippen LogP contribution in [0.4, 0.5) is 10.8 Å². The topological polar surface area (TPSA) is 74.3 Å². The van der Waals surface area contributed by atoms with Crippen molar-refractivity contribution in [1.82, 2.24) is 9.88 Å². The summed E-state index contributed by atoms with van der Waals surface area (Å²) < 4.78 is 0. The van der Waals surface area contributed by atoms with Gasteiger partial charge in [-0.25, -0.2) is 4.98 Å². The minimum atomic E-state index is -0.259. The van der Waals surface area contributed by atoms with E-state index in [0.29, 0.717) is 30.1 Å². The van der Waals surface area contributed by atoms with E-state index in [9.17, 15) is 9.59 Å². The van der Waals surface area contributed by atoms with E-state index < -0.39 is 0 Å². The normalized spacial score (nSPS) is 15.6. The first-order valence-electron chi connectivity index (χ1n) is 9.13. The van der Waals surface area contributed by atoms with Gasteiger partial charge in [-0.2, -0.15) is 0 Å². The largest absolute Gasteiger partial charge is 0.361 e. The molecular formula is C21H20N4O2S. The molecule has 2 aromatic carbocycles. The van der Waals surface area contributed by atoms with Crippen molar-refractivity contribution in [3.8, 4) is 0 Å². The van der Waals surface area contributed by atoms with E-state index >= 15 is 0 Å². The summed E-state index contributed by atoms with van der Waals surface area (Å²) in [5, 5.41) is 8.65. The maximum atomic E-state index is 13.1. The van der Waals surface area contributed by atoms with Crippen molar-refractivity contribution in [2.24, 2.45) is 0 Å². The number of hydrogen-bond donors (Lipinski definition) is 2. The standard InChI is InChI=1S/C21H20N4O2S/c26-18(24-21-22-12-14-28-21)11-6-13-25-19(15-7-2-1-3-8-15)23-17-10-5-4-9-16(17)20(25)27/h1-5,7-10,12,14,19,23H,6,11,13H2,(H,22,24,26)/t19-/m0/s1. The Kier molecular flexibility index (Phi) is 5.34. The molecule has 0 unspecified atom stereocenters. The second-order valence-corrected chi connectivity index (χ2v) is 7.39. The predicted molar refractivity (Wildman–Crippen MR) is 110 cm³/mol. The molecule has 1 atom stereocenters. The van der Waals surface area contributed by atoms with Crippen molar-refractivity contribution < 1.29 is 9.59 Å². The summed E-state index contributed by atoms with van der Waals surface area (Å²) in [5.41, 5.74) is 2.50. The first-order valence-corrected chi connectivity index (χ1v) is 10.0. The SMILES string of the molecule is O=C(CCCN1C(=O)c2ccccc2N[C@@H]1c1ccccc1)Nc1nccs1. The van der Waals surface area contributed by atoms with Crippen LogP contribution in [-0.2, 0) is 4.79 Å². The first kappa shape index (κ1) is 18.2. The summed E-state index contributed by atoms with van der Waals surface area (Å²) in [6.07, 6.45) is 2.29. The Bertz CT molecular complexity index is 960. The lowest BCUT2D eigenvalue weighted by atomic mass is 10.0. The second kappa shape index (κ2) is 8.22. The highest BCUT2D eigenvalue weighted by Crippen LogP contribution is 2.33. The predicted octanol–water partition coefficient (Wildman–Crippen LogP) is 4.13. The zero-order valence-corrected chi connectivity index (χ0v) is 16.0. The number of fused-ring (bicyclic) bond motifs is 1. The van der Waals surface area contributed by atoms with E-state index in [0.717, 1.165) is 11.3 Å². The summed E-state index contributed by atoms with van der Waals surface area (Å²) in [6, 6.07) is 17.4. The van der Waals surface area contributed by atoms with Crippen LogP contribution in [0.2, 0.25) is 0 Å². The highest BCUT2D eigenvalue weighted by molar-refractivity contribution is 7.13. The van der Waals surface area contributed by atoms with Crippen LogP contribution in [-0.4, -0.2) is 28.2 Å². The number of hydrogen-bond acceptors (Lipinski definition) is 5. The van der Waals surface area contributed by atoms with Gasteiger partial charge in [0.05, 0.1) is 5.56 Å². The van der Waals surface area contributed by atoms with Crippen LogP contribution in [0.5, 0.6) is 0 Å². The van der Waals surface area contributed by atoms with Gasteiger partial charge in [-0.1, -0.05) is 42.5 Å². The molecule has 1 aromatic heterocycles. The Balaban J connectivity index is 1.48. The van der Waals surface area contributed by atoms with Gasteiger partial charge in [0.2, 0.25) is 5.91 Å². The van der Waals surface area contributed by atoms with Crippen LogP contribution in [0.15, 0.2) is 66.2 Å². The van der Waals surface area contributed by atoms with Crippen LogP contribution in [0.3, 0.4) is 0 Å². The summed E-state index contributed by atoms with van der Waals surface area (Å²) in [6.45, 7) is 0.477. The lowest BCUT2D eigenvalue weighted by Gasteiger charge is -2.38. The lowest BCUT2D eigenvalue weighted by Crippen LogP contribution is -2.43. The molecule has 0 saturated heterocycles. The third-order valence-electron chi connectivity index (χ3n) is 4.62. The molecule has 0 aliphatic carbocycles. The van der Waals surface area contributed by atoms with Gasteiger partial charge in [0, 0.05) is 30.2 Å². The molecule has 142 valence electrons. The van der Waals surface area contributed by atoms with Crippen LogP contribution in [0, 0.1) is 0 Å². The maximum absolute atomic E-state index is 13.1. The zero-order valence-electron chi connectivity index (χ0n) is 15.2. The van der Waals surface area contributed by atoms with E-state index in [1.165, 1.54) is 11.3 Å². The molecule has 28 heavy (non-hydrogen) atoms. The number of aromatic nitrogens is 1. The zero-order chi connectivity index (χ0) is 19.3. The average Bonchev–Trinajstić information content (AvgIpc) is 3.23. The van der Waals surface area contributed by atoms with Crippen molar-refractivity contribution >= 4 is 34.0 Å². The van der Waals surface area contributed by atoms with E-state index in [-0.39, 0.29) is 18.0 Å². The van der Waals surface area contributed by atoms with Gasteiger partial charge in [0.1, 0.15) is 6.17 Å². The maximum Gasteiger partial charge on any atom is 0.257 e. The van der Waals surface area contributed by atoms with Crippen molar-refractivity contribution in [2.45, 2.75) is 19.0 Å². The van der Waals surface area contributed by atoms with Crippen LogP contribution >= 0.6 is 11.3 Å². The number of carbonyl (C=O) groups is 2. The molecule has 4 rings (SSSR count). The summed E-state index contributed by atoms with van der Waals surface area (Å²) in [7, 11) is 0. The molecule has 1 aliphatic heterocycles. The summed E-state index contributed by atoms with van der Waals surface area (Å²) in [5.74, 6) is -0.118. The third kappa shape index (κ3) is 3.89. The van der Waals surface area contributed by atoms with E-state index in [1.54, 1.807) is 11.1 Å². The Morgan fingerprint density at radius 3 is 2.71 bits per heavy atom. The van der Waals surface area contributed by atoms with Crippen molar-refractivity contribution in [2.75, 3.05) is 17.2 Å². The molecule has 2 N–H and O–H groups in total. The van der Waals surface area contributed by atoms with Gasteiger partial charge in [0.15, 0.2) is 5.13 Å². The Morgan fingerprint density at radius 2 is 1.93 bits per heavy atom. The number of benzene rings is 2. The number of carbonyl (C=O) groups excluding carboxylic acids is 2. The minimum Gasteiger partial charge on any atom is -0.361 e. The van der Waals surface area contributed by atoms with E-state index in [1.807, 2.05) is 60.0 Å². The third-order valence-corrected chi connectivity index (χ3v) is 5.31. The molecule has 2 heterocycles. The number of thiazole rings is 1. The Hall–Kier alpha value is -3.19. The van der Waals surface area contributed by atoms with Crippen LogP contribution in [0.25, 0.3) is 0 Å². The average molecular weight is 392 g/mol. The van der Waals surface area contributed by atoms with Gasteiger partial charge in [-0.15, -0.1) is 11.3 Å². The Morgan fingerprint density at radius 1 is 1.14 bits per heavy atom. The van der Waals surface area contributed by atoms with Crippen molar-refractivity contribution in [3.05, 3.63) is 77.3 Å². The molecule has 0 saturated carbocycles. The van der Waals surface area contributed by atoms with Gasteiger partial charge in [-0.05, 0) is 24.1 Å². The monoisotopic (exact) mass is 392 g/mol. The number of nitrogens with one attached hydrogen (secondary N) is 2. The minimum absolute atomic E-state index is 0.0245. The quantitative estimate of drug-likeness (QED) is 0.661. The van der Waals surface area contributed by atoms with Crippen molar-refractivity contribution in [1.29, 1.82) is 0 Å². The molecule has 0 radical (unpaired) electrons. The van der Waals surface area contributed by atoms with Crippen LogP contribution in [0.1, 0.15) is 34.9 Å². The molecule has 0 spiro atoms. The molecular weight excluding hydrogens is 372 g/mol. The Labute approximate surface area is 167 Å². The molecule has 6 nitrogen and oxygen atoms in total. The van der Waals surface area contributed by atoms with Crippen LogP contribution < -0.4 is 10.6 Å². The first-order chi connectivity index (χ1) is 13.7. The smallest absolute Gasteiger partial charge is 0.257 e.